The van der Waals surface area contributed by atoms with E-state index >= 15 is 0 Å². The molecule has 3 aliphatic rings. The van der Waals surface area contributed by atoms with Gasteiger partial charge >= 0.3 is 17.9 Å². The lowest BCUT2D eigenvalue weighted by Crippen LogP contribution is -2.32. The molecule has 0 unspecified atom stereocenters. The molecule has 0 spiro atoms. The molecule has 3 aliphatic heterocycles. The molecule has 0 radical (unpaired) electrons. The van der Waals surface area contributed by atoms with E-state index in [0.717, 1.165) is 12.2 Å². The second kappa shape index (κ2) is 32.4. The summed E-state index contributed by atoms with van der Waals surface area (Å²) in [5.41, 5.74) is 0.854. The number of cyclic esters (lactones) is 3. The van der Waals surface area contributed by atoms with Crippen LogP contribution >= 0.6 is 0 Å². The topological polar surface area (TPSA) is 347 Å². The molecule has 9 atom stereocenters. The van der Waals surface area contributed by atoms with Crippen molar-refractivity contribution >= 4 is 53.5 Å². The highest BCUT2D eigenvalue weighted by molar-refractivity contribution is 6.01. The Morgan fingerprint density at radius 1 is 0.386 bits per heavy atom. The van der Waals surface area contributed by atoms with E-state index in [1.54, 1.807) is 20.8 Å². The highest BCUT2D eigenvalue weighted by Crippen LogP contribution is 2.42. The van der Waals surface area contributed by atoms with Crippen molar-refractivity contribution in [1.29, 1.82) is 0 Å². The first-order valence-electron chi connectivity index (χ1n) is 26.0. The Balaban J connectivity index is 0.000000268. The first kappa shape index (κ1) is 67.2. The second-order valence-electron chi connectivity index (χ2n) is 18.9. The number of aliphatic hydroxyl groups excluding tert-OH is 6. The van der Waals surface area contributed by atoms with E-state index in [9.17, 15) is 69.6 Å². The third kappa shape index (κ3) is 18.3. The van der Waals surface area contributed by atoms with Crippen LogP contribution in [0.25, 0.3) is 18.2 Å². The number of ether oxygens (including phenoxy) is 9. The van der Waals surface area contributed by atoms with Crippen molar-refractivity contribution in [3.05, 3.63) is 112 Å². The predicted molar refractivity (Wildman–Crippen MR) is 300 cm³/mol. The molecular formula is C60H72O23. The molecule has 83 heavy (non-hydrogen) atoms. The molecule has 3 aromatic carbocycles. The molecule has 3 aromatic rings. The lowest BCUT2D eigenvalue weighted by molar-refractivity contribution is -0.128. The molecule has 23 heteroatoms. The molecule has 0 fully saturated rings. The highest BCUT2D eigenvalue weighted by Gasteiger charge is 2.30. The number of esters is 3. The summed E-state index contributed by atoms with van der Waals surface area (Å²) in [5, 5.41) is 80.4. The fourth-order valence-electron chi connectivity index (χ4n) is 8.24. The SMILES string of the molecule is COc1cc(O)c2c(c1)/C=C/C[C@H](O)[C@H](O)C(=O)/C=C/C[C@H](C)OC2=O.COc1cc(O)c2c(c1OC)/C=C/C[C@H](O)[C@H](O)C(=O)/C=C/C[C@H](C)OC2=O.COc1cc(OC)c2c(c1OC)/C=C/C[C@H](O)[C@H](O)C(=O)/C=C/C[C@H](C)OC2=O. The number of hydrogen-bond acceptors (Lipinski definition) is 23. The molecule has 0 amide bonds. The van der Waals surface area contributed by atoms with Crippen LogP contribution in [0.1, 0.15) is 107 Å². The van der Waals surface area contributed by atoms with Crippen LogP contribution in [0.5, 0.6) is 46.0 Å². The monoisotopic (exact) mass is 1160 g/mol. The Morgan fingerprint density at radius 3 is 1.13 bits per heavy atom. The molecule has 23 nitrogen and oxygen atoms in total. The maximum atomic E-state index is 12.9. The number of aliphatic hydroxyl groups is 6. The molecule has 0 aliphatic carbocycles. The quantitative estimate of drug-likeness (QED) is 0.117. The summed E-state index contributed by atoms with van der Waals surface area (Å²) in [6.07, 6.45) is 7.03. The van der Waals surface area contributed by atoms with Crippen molar-refractivity contribution in [2.24, 2.45) is 0 Å². The summed E-state index contributed by atoms with van der Waals surface area (Å²) >= 11 is 0. The summed E-state index contributed by atoms with van der Waals surface area (Å²) in [4.78, 5) is 73.7. The van der Waals surface area contributed by atoms with Gasteiger partial charge in [0.1, 0.15) is 76.3 Å². The summed E-state index contributed by atoms with van der Waals surface area (Å²) in [6, 6.07) is 5.62. The Kier molecular flexibility index (Phi) is 26.2. The van der Waals surface area contributed by atoms with Gasteiger partial charge in [0.25, 0.3) is 0 Å². The molecule has 0 saturated carbocycles. The minimum Gasteiger partial charge on any atom is -0.507 e. The number of rotatable bonds is 6. The van der Waals surface area contributed by atoms with Crippen LogP contribution in [-0.4, -0.2) is 174 Å². The van der Waals surface area contributed by atoms with Gasteiger partial charge in [0.2, 0.25) is 0 Å². The number of phenolic OH excluding ortho intramolecular Hbond substituents is 2. The molecule has 0 saturated heterocycles. The number of phenols is 2. The number of benzene rings is 3. The van der Waals surface area contributed by atoms with Gasteiger partial charge in [0, 0.05) is 48.6 Å². The largest absolute Gasteiger partial charge is 0.507 e. The van der Waals surface area contributed by atoms with E-state index in [4.69, 9.17) is 42.6 Å². The Morgan fingerprint density at radius 2 is 0.735 bits per heavy atom. The van der Waals surface area contributed by atoms with Crippen LogP contribution in [0, 0.1) is 0 Å². The summed E-state index contributed by atoms with van der Waals surface area (Å²) < 4.78 is 47.9. The predicted octanol–water partition coefficient (Wildman–Crippen LogP) is 5.12. The maximum Gasteiger partial charge on any atom is 0.342 e. The smallest absolute Gasteiger partial charge is 0.342 e. The zero-order valence-corrected chi connectivity index (χ0v) is 47.4. The standard InChI is InChI=1S/C21H26O8.C20H24O8.C19H22O7/c1-12-7-5-9-14(22)19(24)15(23)10-6-8-13-18(21(25)29-12)16(26-2)11-17(27-3)20(13)28-4;1-11-6-4-8-13(21)18(24)14(22)9-5-7-12-17(20(25)28-11)15(23)10-16(26-2)19(12)27-3;1-11-5-3-7-14(20)18(23)15(21)8-4-6-12-9-13(25-2)10-16(22)17(12)19(24)26-11/h5-6,8-9,11-12,15,19,23-24H,7,10H2,1-4H3;4-5,7-8,10-11,14,18,22-24H,6,9H2,1-3H3;3-4,6-7,9-11,15,18,21-23H,5,8H2,1-2H3/b8-6+,9-5+;7-5+,8-4+;6-4+,7-3+/t12-,15-,19+;11-,14-,18+;11-,15-,18+/m000/s1. The Labute approximate surface area is 479 Å². The zero-order chi connectivity index (χ0) is 61.7. The number of carbonyl (C=O) groups excluding carboxylic acids is 6. The van der Waals surface area contributed by atoms with E-state index in [2.05, 4.69) is 0 Å². The highest BCUT2D eigenvalue weighted by atomic mass is 16.6. The normalized spacial score (nSPS) is 26.0. The molecule has 8 N–H and O–H groups in total. The number of carbonyl (C=O) groups is 6. The molecule has 450 valence electrons. The number of methoxy groups -OCH3 is 6. The van der Waals surface area contributed by atoms with Crippen LogP contribution in [0.2, 0.25) is 0 Å². The van der Waals surface area contributed by atoms with Crippen molar-refractivity contribution in [2.45, 2.75) is 114 Å². The van der Waals surface area contributed by atoms with Gasteiger partial charge in [-0.1, -0.05) is 54.7 Å². The van der Waals surface area contributed by atoms with E-state index in [1.807, 2.05) is 0 Å². The minimum absolute atomic E-state index is 0.0242. The summed E-state index contributed by atoms with van der Waals surface area (Å²) in [5.74, 6) is -3.08. The second-order valence-corrected chi connectivity index (χ2v) is 18.9. The van der Waals surface area contributed by atoms with Gasteiger partial charge in [0.05, 0.1) is 61.0 Å². The van der Waals surface area contributed by atoms with Crippen molar-refractivity contribution in [3.8, 4) is 46.0 Å². The lowest BCUT2D eigenvalue weighted by atomic mass is 10.0. The van der Waals surface area contributed by atoms with Gasteiger partial charge in [-0.15, -0.1) is 0 Å². The Hall–Kier alpha value is -8.32. The molecular weight excluding hydrogens is 1090 g/mol. The van der Waals surface area contributed by atoms with Crippen LogP contribution in [0.3, 0.4) is 0 Å². The van der Waals surface area contributed by atoms with Crippen molar-refractivity contribution in [3.63, 3.8) is 0 Å². The van der Waals surface area contributed by atoms with Crippen molar-refractivity contribution < 1.29 is 112 Å². The molecule has 3 heterocycles. The zero-order valence-electron chi connectivity index (χ0n) is 47.4. The molecule has 0 aromatic heterocycles. The third-order valence-corrected chi connectivity index (χ3v) is 12.7. The van der Waals surface area contributed by atoms with Gasteiger partial charge in [-0.3, -0.25) is 14.4 Å². The van der Waals surface area contributed by atoms with E-state index < -0.39 is 90.2 Å². The third-order valence-electron chi connectivity index (χ3n) is 12.7. The number of fused-ring (bicyclic) bond motifs is 3. The summed E-state index contributed by atoms with van der Waals surface area (Å²) in [7, 11) is 8.49. The van der Waals surface area contributed by atoms with Gasteiger partial charge in [-0.25, -0.2) is 14.4 Å². The fraction of sp³-hybridized carbons (Fsp3) is 0.400. The lowest BCUT2D eigenvalue weighted by Gasteiger charge is -2.20. The van der Waals surface area contributed by atoms with E-state index in [1.165, 1.54) is 128 Å². The minimum atomic E-state index is -1.58. The van der Waals surface area contributed by atoms with E-state index in [0.29, 0.717) is 22.6 Å². The molecule has 6 rings (SSSR count). The number of ketones is 3. The first-order chi connectivity index (χ1) is 39.5. The maximum absolute atomic E-state index is 12.9. The van der Waals surface area contributed by atoms with E-state index in [-0.39, 0.29) is 95.3 Å². The van der Waals surface area contributed by atoms with Gasteiger partial charge in [-0.2, -0.15) is 0 Å². The fourth-order valence-corrected chi connectivity index (χ4v) is 8.24. The van der Waals surface area contributed by atoms with Gasteiger partial charge in [0.15, 0.2) is 40.3 Å². The van der Waals surface area contributed by atoms with Crippen molar-refractivity contribution in [2.75, 3.05) is 42.7 Å². The average Bonchev–Trinajstić information content (AvgIpc) is 3.60. The van der Waals surface area contributed by atoms with Crippen LogP contribution in [0.4, 0.5) is 0 Å². The average molecular weight is 1160 g/mol. The molecule has 0 bridgehead atoms. The van der Waals surface area contributed by atoms with Gasteiger partial charge < -0.3 is 83.5 Å². The first-order valence-corrected chi connectivity index (χ1v) is 26.0. The van der Waals surface area contributed by atoms with Crippen LogP contribution in [-0.2, 0) is 28.6 Å². The number of aromatic hydroxyl groups is 2. The van der Waals surface area contributed by atoms with Gasteiger partial charge in [-0.05, 0) is 69.9 Å². The van der Waals surface area contributed by atoms with Crippen molar-refractivity contribution in [1.82, 2.24) is 0 Å². The number of hydrogen-bond donors (Lipinski definition) is 8. The van der Waals surface area contributed by atoms with Crippen LogP contribution < -0.4 is 28.4 Å². The summed E-state index contributed by atoms with van der Waals surface area (Å²) in [6.45, 7) is 4.93. The van der Waals surface area contributed by atoms with Crippen LogP contribution in [0.15, 0.2) is 78.9 Å². The Bertz CT molecular complexity index is 2970.